The Morgan fingerprint density at radius 3 is 2.57 bits per heavy atom. The lowest BCUT2D eigenvalue weighted by Crippen LogP contribution is -1.96. The minimum absolute atomic E-state index is 0.805. The van der Waals surface area contributed by atoms with Gasteiger partial charge in [-0.25, -0.2) is 0 Å². The Hall–Kier alpha value is -3.00. The summed E-state index contributed by atoms with van der Waals surface area (Å²) >= 11 is 0. The van der Waals surface area contributed by atoms with E-state index in [9.17, 15) is 0 Å². The first-order chi connectivity index (χ1) is 11.2. The van der Waals surface area contributed by atoms with Crippen LogP contribution in [0, 0.1) is 0 Å². The molecule has 2 heteroatoms. The number of nitrogen functional groups attached to an aromatic ring is 2. The molecule has 0 saturated carbocycles. The Balaban J connectivity index is 1.95. The predicted molar refractivity (Wildman–Crippen MR) is 99.0 cm³/mol. The second-order valence-corrected chi connectivity index (χ2v) is 5.98. The SMILES string of the molecule is C=Cc1cccc(-c2c(N)ccc3c2Cc2cc(N)ccc2-3)c1. The third-order valence-corrected chi connectivity index (χ3v) is 4.54. The Kier molecular flexibility index (Phi) is 2.98. The van der Waals surface area contributed by atoms with Crippen LogP contribution in [-0.2, 0) is 6.42 Å². The van der Waals surface area contributed by atoms with Gasteiger partial charge < -0.3 is 11.5 Å². The average molecular weight is 298 g/mol. The summed E-state index contributed by atoms with van der Waals surface area (Å²) in [5.74, 6) is 0. The number of hydrogen-bond acceptors (Lipinski definition) is 2. The van der Waals surface area contributed by atoms with Crippen LogP contribution in [0.15, 0.2) is 61.2 Å². The molecule has 0 aromatic heterocycles. The number of nitrogens with two attached hydrogens (primary N) is 2. The van der Waals surface area contributed by atoms with Gasteiger partial charge in [0.05, 0.1) is 0 Å². The minimum Gasteiger partial charge on any atom is -0.399 e. The van der Waals surface area contributed by atoms with E-state index in [1.165, 1.54) is 22.3 Å². The Labute approximate surface area is 136 Å². The first kappa shape index (κ1) is 13.6. The van der Waals surface area contributed by atoms with Gasteiger partial charge in [-0.05, 0) is 64.1 Å². The molecule has 0 spiro atoms. The third-order valence-electron chi connectivity index (χ3n) is 4.54. The molecule has 0 radical (unpaired) electrons. The zero-order valence-corrected chi connectivity index (χ0v) is 12.8. The van der Waals surface area contributed by atoms with E-state index in [1.54, 1.807) is 0 Å². The topological polar surface area (TPSA) is 52.0 Å². The molecule has 0 atom stereocenters. The Morgan fingerprint density at radius 2 is 1.74 bits per heavy atom. The van der Waals surface area contributed by atoms with Crippen molar-refractivity contribution in [3.05, 3.63) is 77.9 Å². The van der Waals surface area contributed by atoms with Crippen molar-refractivity contribution in [3.8, 4) is 22.3 Å². The summed E-state index contributed by atoms with van der Waals surface area (Å²) in [6, 6.07) is 18.6. The van der Waals surface area contributed by atoms with Gasteiger partial charge in [-0.3, -0.25) is 0 Å². The highest BCUT2D eigenvalue weighted by Crippen LogP contribution is 2.44. The van der Waals surface area contributed by atoms with Crippen molar-refractivity contribution in [2.45, 2.75) is 6.42 Å². The maximum Gasteiger partial charge on any atom is 0.0397 e. The summed E-state index contributed by atoms with van der Waals surface area (Å²) < 4.78 is 0. The first-order valence-corrected chi connectivity index (χ1v) is 7.70. The van der Waals surface area contributed by atoms with E-state index < -0.39 is 0 Å². The molecule has 0 fully saturated rings. The summed E-state index contributed by atoms with van der Waals surface area (Å²) in [5, 5.41) is 0. The third kappa shape index (κ3) is 2.11. The zero-order valence-electron chi connectivity index (χ0n) is 12.8. The largest absolute Gasteiger partial charge is 0.399 e. The maximum atomic E-state index is 6.33. The molecule has 0 bridgehead atoms. The fraction of sp³-hybridized carbons (Fsp3) is 0.0476. The van der Waals surface area contributed by atoms with Crippen molar-refractivity contribution < 1.29 is 0 Å². The summed E-state index contributed by atoms with van der Waals surface area (Å²) in [6.45, 7) is 3.86. The van der Waals surface area contributed by atoms with Crippen molar-refractivity contribution >= 4 is 17.5 Å². The smallest absolute Gasteiger partial charge is 0.0397 e. The fourth-order valence-corrected chi connectivity index (χ4v) is 3.48. The van der Waals surface area contributed by atoms with Crippen LogP contribution in [0.3, 0.4) is 0 Å². The molecular formula is C21H18N2. The van der Waals surface area contributed by atoms with Crippen molar-refractivity contribution in [1.82, 2.24) is 0 Å². The van der Waals surface area contributed by atoms with Crippen molar-refractivity contribution in [2.75, 3.05) is 11.5 Å². The van der Waals surface area contributed by atoms with Crippen LogP contribution in [0.2, 0.25) is 0 Å². The molecule has 0 aliphatic heterocycles. The molecule has 112 valence electrons. The van der Waals surface area contributed by atoms with E-state index in [0.717, 1.165) is 34.5 Å². The standard InChI is InChI=1S/C21H18N2/c1-2-13-4-3-5-14(10-13)21-19-12-15-11-16(22)6-7-17(15)18(19)8-9-20(21)23/h2-11H,1,12,22-23H2. The zero-order chi connectivity index (χ0) is 16.0. The second kappa shape index (κ2) is 5.03. The van der Waals surface area contributed by atoms with Crippen LogP contribution in [0.4, 0.5) is 11.4 Å². The van der Waals surface area contributed by atoms with E-state index in [0.29, 0.717) is 0 Å². The van der Waals surface area contributed by atoms with Gasteiger partial charge in [0.15, 0.2) is 0 Å². The normalized spacial score (nSPS) is 11.8. The quantitative estimate of drug-likeness (QED) is 0.525. The van der Waals surface area contributed by atoms with Gasteiger partial charge in [0, 0.05) is 16.9 Å². The molecule has 1 aliphatic rings. The highest BCUT2D eigenvalue weighted by atomic mass is 14.6. The van der Waals surface area contributed by atoms with Gasteiger partial charge in [0.25, 0.3) is 0 Å². The van der Waals surface area contributed by atoms with Crippen LogP contribution in [0.1, 0.15) is 16.7 Å². The van der Waals surface area contributed by atoms with Gasteiger partial charge in [-0.1, -0.05) is 43.0 Å². The maximum absolute atomic E-state index is 6.33. The van der Waals surface area contributed by atoms with E-state index in [2.05, 4.69) is 36.9 Å². The van der Waals surface area contributed by atoms with Gasteiger partial charge in [0.2, 0.25) is 0 Å². The highest BCUT2D eigenvalue weighted by Gasteiger charge is 2.23. The van der Waals surface area contributed by atoms with Gasteiger partial charge in [-0.15, -0.1) is 0 Å². The van der Waals surface area contributed by atoms with Crippen molar-refractivity contribution in [3.63, 3.8) is 0 Å². The second-order valence-electron chi connectivity index (χ2n) is 5.98. The summed E-state index contributed by atoms with van der Waals surface area (Å²) in [6.07, 6.45) is 2.73. The van der Waals surface area contributed by atoms with E-state index in [4.69, 9.17) is 11.5 Å². The lowest BCUT2D eigenvalue weighted by Gasteiger charge is -2.13. The fourth-order valence-electron chi connectivity index (χ4n) is 3.48. The van der Waals surface area contributed by atoms with E-state index in [-0.39, 0.29) is 0 Å². The lowest BCUT2D eigenvalue weighted by atomic mass is 9.93. The number of hydrogen-bond donors (Lipinski definition) is 2. The number of fused-ring (bicyclic) bond motifs is 3. The minimum atomic E-state index is 0.805. The molecule has 1 aliphatic carbocycles. The molecule has 0 saturated heterocycles. The molecule has 0 amide bonds. The highest BCUT2D eigenvalue weighted by molar-refractivity contribution is 5.91. The Morgan fingerprint density at radius 1 is 0.913 bits per heavy atom. The molecule has 3 aromatic carbocycles. The summed E-state index contributed by atoms with van der Waals surface area (Å²) in [4.78, 5) is 0. The van der Waals surface area contributed by atoms with Crippen LogP contribution < -0.4 is 11.5 Å². The molecular weight excluding hydrogens is 280 g/mol. The molecule has 3 aromatic rings. The van der Waals surface area contributed by atoms with Crippen molar-refractivity contribution in [1.29, 1.82) is 0 Å². The lowest BCUT2D eigenvalue weighted by molar-refractivity contribution is 1.27. The monoisotopic (exact) mass is 298 g/mol. The first-order valence-electron chi connectivity index (χ1n) is 7.70. The van der Waals surface area contributed by atoms with Crippen molar-refractivity contribution in [2.24, 2.45) is 0 Å². The average Bonchev–Trinajstić information content (AvgIpc) is 2.91. The van der Waals surface area contributed by atoms with Gasteiger partial charge >= 0.3 is 0 Å². The number of anilines is 2. The molecule has 23 heavy (non-hydrogen) atoms. The number of rotatable bonds is 2. The number of benzene rings is 3. The summed E-state index contributed by atoms with van der Waals surface area (Å²) in [7, 11) is 0. The molecule has 0 unspecified atom stereocenters. The van der Waals surface area contributed by atoms with Crippen LogP contribution in [0.5, 0.6) is 0 Å². The van der Waals surface area contributed by atoms with Gasteiger partial charge in [0.1, 0.15) is 0 Å². The van der Waals surface area contributed by atoms with Crippen LogP contribution in [-0.4, -0.2) is 0 Å². The predicted octanol–water partition coefficient (Wildman–Crippen LogP) is 4.73. The van der Waals surface area contributed by atoms with E-state index >= 15 is 0 Å². The molecule has 2 nitrogen and oxygen atoms in total. The van der Waals surface area contributed by atoms with Crippen LogP contribution >= 0.6 is 0 Å². The van der Waals surface area contributed by atoms with Crippen LogP contribution in [0.25, 0.3) is 28.3 Å². The van der Waals surface area contributed by atoms with Gasteiger partial charge in [-0.2, -0.15) is 0 Å². The summed E-state index contributed by atoms with van der Waals surface area (Å²) in [5.41, 5.74) is 22.3. The van der Waals surface area contributed by atoms with E-state index in [1.807, 2.05) is 30.3 Å². The molecule has 4 rings (SSSR count). The molecule has 0 heterocycles. The molecule has 4 N–H and O–H groups in total. The Bertz CT molecular complexity index is 939.